The summed E-state index contributed by atoms with van der Waals surface area (Å²) in [6, 6.07) is 5.57. The van der Waals surface area contributed by atoms with E-state index < -0.39 is 6.29 Å². The topological polar surface area (TPSA) is 44.5 Å². The Morgan fingerprint density at radius 3 is 2.69 bits per heavy atom. The molecule has 86 valence electrons. The van der Waals surface area contributed by atoms with Gasteiger partial charge in [0.2, 0.25) is 6.29 Å². The Balaban J connectivity index is 2.29. The lowest BCUT2D eigenvalue weighted by atomic mass is 10.3. The predicted octanol–water partition coefficient (Wildman–Crippen LogP) is 2.90. The van der Waals surface area contributed by atoms with Crippen LogP contribution < -0.4 is 0 Å². The van der Waals surface area contributed by atoms with Gasteiger partial charge in [-0.1, -0.05) is 0 Å². The molecule has 4 heteroatoms. The van der Waals surface area contributed by atoms with E-state index in [1.54, 1.807) is 6.20 Å². The maximum absolute atomic E-state index is 5.62. The normalized spacial score (nSPS) is 11.4. The van der Waals surface area contributed by atoms with Gasteiger partial charge in [-0.15, -0.1) is 0 Å². The summed E-state index contributed by atoms with van der Waals surface area (Å²) >= 11 is 0. The summed E-state index contributed by atoms with van der Waals surface area (Å²) in [5.74, 6) is 0.664. The van der Waals surface area contributed by atoms with Crippen LogP contribution in [0.3, 0.4) is 0 Å². The van der Waals surface area contributed by atoms with Gasteiger partial charge in [0.05, 0.1) is 0 Å². The molecule has 2 aromatic rings. The van der Waals surface area contributed by atoms with Gasteiger partial charge in [-0.25, -0.2) is 0 Å². The molecule has 0 unspecified atom stereocenters. The highest BCUT2D eigenvalue weighted by molar-refractivity contribution is 5.72. The van der Waals surface area contributed by atoms with Crippen molar-refractivity contribution in [2.45, 2.75) is 20.1 Å². The van der Waals surface area contributed by atoms with Crippen molar-refractivity contribution in [3.05, 3.63) is 30.2 Å². The number of pyridine rings is 1. The van der Waals surface area contributed by atoms with Gasteiger partial charge in [-0.05, 0) is 26.0 Å². The summed E-state index contributed by atoms with van der Waals surface area (Å²) in [5, 5.41) is 0. The van der Waals surface area contributed by atoms with Crippen molar-refractivity contribution in [1.82, 2.24) is 4.98 Å². The third-order valence-electron chi connectivity index (χ3n) is 2.17. The van der Waals surface area contributed by atoms with Crippen LogP contribution in [0.2, 0.25) is 0 Å². The third kappa shape index (κ3) is 2.23. The van der Waals surface area contributed by atoms with Gasteiger partial charge in [0, 0.05) is 25.5 Å². The minimum absolute atomic E-state index is 0.441. The van der Waals surface area contributed by atoms with Gasteiger partial charge < -0.3 is 13.9 Å². The van der Waals surface area contributed by atoms with Gasteiger partial charge in [0.25, 0.3) is 0 Å². The predicted molar refractivity (Wildman–Crippen MR) is 60.0 cm³/mol. The first kappa shape index (κ1) is 11.1. The number of hydrogen-bond donors (Lipinski definition) is 0. The molecule has 0 saturated heterocycles. The number of nitrogens with zero attached hydrogens (tertiary/aromatic N) is 1. The fourth-order valence-corrected chi connectivity index (χ4v) is 1.52. The average molecular weight is 221 g/mol. The van der Waals surface area contributed by atoms with Crippen LogP contribution >= 0.6 is 0 Å². The molecule has 0 aliphatic rings. The van der Waals surface area contributed by atoms with E-state index in [1.165, 1.54) is 0 Å². The maximum atomic E-state index is 5.62. The van der Waals surface area contributed by atoms with Gasteiger partial charge in [-0.3, -0.25) is 4.98 Å². The van der Waals surface area contributed by atoms with Crippen molar-refractivity contribution in [2.75, 3.05) is 13.2 Å². The van der Waals surface area contributed by atoms with Crippen molar-refractivity contribution in [1.29, 1.82) is 0 Å². The Labute approximate surface area is 94.2 Å². The van der Waals surface area contributed by atoms with E-state index in [1.807, 2.05) is 32.0 Å². The van der Waals surface area contributed by atoms with E-state index in [0.29, 0.717) is 19.0 Å². The summed E-state index contributed by atoms with van der Waals surface area (Å²) in [6.07, 6.45) is 1.29. The van der Waals surface area contributed by atoms with E-state index >= 15 is 0 Å². The first-order valence-corrected chi connectivity index (χ1v) is 5.42. The number of hydrogen-bond acceptors (Lipinski definition) is 4. The first-order chi connectivity index (χ1) is 7.85. The molecule has 0 spiro atoms. The highest BCUT2D eigenvalue weighted by atomic mass is 16.7. The third-order valence-corrected chi connectivity index (χ3v) is 2.17. The van der Waals surface area contributed by atoms with E-state index in [9.17, 15) is 0 Å². The number of furan rings is 1. The monoisotopic (exact) mass is 221 g/mol. The number of ether oxygens (including phenoxy) is 2. The fourth-order valence-electron chi connectivity index (χ4n) is 1.52. The molecule has 4 nitrogen and oxygen atoms in total. The van der Waals surface area contributed by atoms with Crippen LogP contribution in [-0.4, -0.2) is 18.2 Å². The number of rotatable bonds is 5. The van der Waals surface area contributed by atoms with Crippen LogP contribution in [0.25, 0.3) is 11.1 Å². The van der Waals surface area contributed by atoms with Crippen LogP contribution in [-0.2, 0) is 9.47 Å². The highest BCUT2D eigenvalue weighted by Crippen LogP contribution is 2.25. The quantitative estimate of drug-likeness (QED) is 0.728. The van der Waals surface area contributed by atoms with Gasteiger partial charge >= 0.3 is 0 Å². The number of aromatic nitrogens is 1. The highest BCUT2D eigenvalue weighted by Gasteiger charge is 2.16. The largest absolute Gasteiger partial charge is 0.454 e. The first-order valence-electron chi connectivity index (χ1n) is 5.42. The van der Waals surface area contributed by atoms with E-state index in [2.05, 4.69) is 4.98 Å². The van der Waals surface area contributed by atoms with Crippen molar-refractivity contribution < 1.29 is 13.9 Å². The molecule has 16 heavy (non-hydrogen) atoms. The summed E-state index contributed by atoms with van der Waals surface area (Å²) in [7, 11) is 0. The van der Waals surface area contributed by atoms with E-state index in [0.717, 1.165) is 11.1 Å². The zero-order chi connectivity index (χ0) is 11.4. The van der Waals surface area contributed by atoms with Crippen molar-refractivity contribution in [3.8, 4) is 0 Å². The average Bonchev–Trinajstić information content (AvgIpc) is 2.72. The standard InChI is InChI=1S/C12H15NO3/c1-3-14-12(15-4-2)11-8-9-10(16-11)6-5-7-13-9/h5-8,12H,3-4H2,1-2H3. The molecule has 2 heterocycles. The maximum Gasteiger partial charge on any atom is 0.217 e. The van der Waals surface area contributed by atoms with Crippen LogP contribution in [0.4, 0.5) is 0 Å². The van der Waals surface area contributed by atoms with Crippen LogP contribution in [0.15, 0.2) is 28.8 Å². The molecule has 0 aromatic carbocycles. The Morgan fingerprint density at radius 2 is 2.06 bits per heavy atom. The molecule has 0 aliphatic heterocycles. The molecule has 0 aliphatic carbocycles. The van der Waals surface area contributed by atoms with Crippen molar-refractivity contribution in [2.24, 2.45) is 0 Å². The summed E-state index contributed by atoms with van der Waals surface area (Å²) in [5.41, 5.74) is 1.57. The molecule has 2 rings (SSSR count). The Bertz CT molecular complexity index is 413. The zero-order valence-electron chi connectivity index (χ0n) is 9.47. The Morgan fingerprint density at radius 1 is 1.31 bits per heavy atom. The Hall–Kier alpha value is -1.39. The van der Waals surface area contributed by atoms with Gasteiger partial charge in [-0.2, -0.15) is 0 Å². The molecule has 0 radical (unpaired) electrons. The molecule has 2 aromatic heterocycles. The van der Waals surface area contributed by atoms with Crippen LogP contribution in [0.5, 0.6) is 0 Å². The van der Waals surface area contributed by atoms with Crippen molar-refractivity contribution in [3.63, 3.8) is 0 Å². The molecule has 0 amide bonds. The second kappa shape index (κ2) is 5.09. The van der Waals surface area contributed by atoms with Crippen molar-refractivity contribution >= 4 is 11.1 Å². The summed E-state index contributed by atoms with van der Waals surface area (Å²) in [4.78, 5) is 4.20. The summed E-state index contributed by atoms with van der Waals surface area (Å²) in [6.45, 7) is 5.00. The fraction of sp³-hybridized carbons (Fsp3) is 0.417. The van der Waals surface area contributed by atoms with Gasteiger partial charge in [0.1, 0.15) is 5.52 Å². The lowest BCUT2D eigenvalue weighted by molar-refractivity contribution is -0.150. The Kier molecular flexibility index (Phi) is 3.54. The molecule has 0 bridgehead atoms. The lowest BCUT2D eigenvalue weighted by Crippen LogP contribution is -2.07. The SMILES string of the molecule is CCOC(OCC)c1cc2ncccc2o1. The molecular formula is C12H15NO3. The second-order valence-electron chi connectivity index (χ2n) is 3.28. The lowest BCUT2D eigenvalue weighted by Gasteiger charge is -2.13. The second-order valence-corrected chi connectivity index (χ2v) is 3.28. The zero-order valence-corrected chi connectivity index (χ0v) is 9.47. The summed E-state index contributed by atoms with van der Waals surface area (Å²) < 4.78 is 16.5. The van der Waals surface area contributed by atoms with Crippen LogP contribution in [0.1, 0.15) is 25.9 Å². The molecule has 0 saturated carbocycles. The molecule has 0 N–H and O–H groups in total. The minimum Gasteiger partial charge on any atom is -0.454 e. The minimum atomic E-state index is -0.441. The van der Waals surface area contributed by atoms with E-state index in [4.69, 9.17) is 13.9 Å². The molecule has 0 fully saturated rings. The van der Waals surface area contributed by atoms with Crippen LogP contribution in [0, 0.1) is 0 Å². The smallest absolute Gasteiger partial charge is 0.217 e. The molecular weight excluding hydrogens is 206 g/mol. The molecule has 0 atom stereocenters. The van der Waals surface area contributed by atoms with Gasteiger partial charge in [0.15, 0.2) is 11.3 Å². The van der Waals surface area contributed by atoms with E-state index in [-0.39, 0.29) is 0 Å². The number of fused-ring (bicyclic) bond motifs is 1.